The van der Waals surface area contributed by atoms with Crippen LogP contribution in [0.2, 0.25) is 0 Å². The molecule has 0 aliphatic heterocycles. The van der Waals surface area contributed by atoms with E-state index >= 15 is 0 Å². The van der Waals surface area contributed by atoms with Crippen molar-refractivity contribution < 1.29 is 19.9 Å². The van der Waals surface area contributed by atoms with Crippen molar-refractivity contribution in [1.82, 2.24) is 0 Å². The number of aromatic hydroxyl groups is 1. The topological polar surface area (TPSA) is 101 Å². The van der Waals surface area contributed by atoms with Gasteiger partial charge in [-0.05, 0) is 6.07 Å². The molecule has 0 radical (unpaired) electrons. The van der Waals surface area contributed by atoms with E-state index < -0.39 is 4.92 Å². The molecule has 0 unspecified atom stereocenters. The van der Waals surface area contributed by atoms with Gasteiger partial charge in [-0.15, -0.1) is 0 Å². The molecule has 0 fully saturated rings. The highest BCUT2D eigenvalue weighted by Crippen LogP contribution is 2.29. The predicted octanol–water partition coefficient (Wildman–Crippen LogP) is 2.02. The lowest BCUT2D eigenvalue weighted by atomic mass is 10.0. The molecule has 18 heavy (non-hydrogen) atoms. The van der Waals surface area contributed by atoms with Gasteiger partial charge in [-0.2, -0.15) is 0 Å². The molecule has 0 bridgehead atoms. The van der Waals surface area contributed by atoms with Crippen molar-refractivity contribution in [1.29, 1.82) is 0 Å². The van der Waals surface area contributed by atoms with E-state index in [1.165, 1.54) is 18.2 Å². The number of ketones is 1. The molecule has 0 saturated heterocycles. The molecule has 0 atom stereocenters. The van der Waals surface area contributed by atoms with Crippen molar-refractivity contribution in [2.45, 2.75) is 19.3 Å². The van der Waals surface area contributed by atoms with Crippen LogP contribution in [0.25, 0.3) is 0 Å². The fourth-order valence-corrected chi connectivity index (χ4v) is 1.91. The molecule has 0 heterocycles. The van der Waals surface area contributed by atoms with E-state index in [4.69, 9.17) is 0 Å². The van der Waals surface area contributed by atoms with Crippen molar-refractivity contribution in [3.63, 3.8) is 0 Å². The van der Waals surface area contributed by atoms with E-state index in [0.717, 1.165) is 0 Å². The number of nitro groups is 1. The molecule has 0 amide bonds. The number of carbonyl (C=O) groups excluding carboxylic acids is 1. The number of hydrogen-bond acceptors (Lipinski definition) is 5. The number of non-ortho nitro benzene ring substituents is 1. The molecule has 1 aromatic rings. The molecular formula is C12H11NO5. The summed E-state index contributed by atoms with van der Waals surface area (Å²) in [5.74, 6) is -0.301. The van der Waals surface area contributed by atoms with Crippen molar-refractivity contribution in [2.24, 2.45) is 0 Å². The van der Waals surface area contributed by atoms with Gasteiger partial charge in [0.1, 0.15) is 5.75 Å². The fourth-order valence-electron chi connectivity index (χ4n) is 1.91. The highest BCUT2D eigenvalue weighted by Gasteiger charge is 2.24. The number of hydrogen-bond donors (Lipinski definition) is 2. The molecule has 0 saturated carbocycles. The van der Waals surface area contributed by atoms with Crippen LogP contribution in [0, 0.1) is 10.1 Å². The van der Waals surface area contributed by atoms with Crippen molar-refractivity contribution >= 4 is 11.5 Å². The van der Waals surface area contributed by atoms with Crippen LogP contribution in [0.15, 0.2) is 29.5 Å². The number of benzene rings is 1. The zero-order chi connectivity index (χ0) is 13.3. The number of nitrogens with zero attached hydrogens (tertiary/aromatic N) is 1. The summed E-state index contributed by atoms with van der Waals surface area (Å²) in [4.78, 5) is 21.5. The third kappa shape index (κ3) is 2.17. The SMILES string of the molecule is O=C1CCC(O)=C1Cc1cc([N+](=O)[O-])ccc1O. The summed E-state index contributed by atoms with van der Waals surface area (Å²) in [7, 11) is 0. The van der Waals surface area contributed by atoms with Gasteiger partial charge in [-0.1, -0.05) is 0 Å². The summed E-state index contributed by atoms with van der Waals surface area (Å²) >= 11 is 0. The molecule has 0 aromatic heterocycles. The van der Waals surface area contributed by atoms with Crippen molar-refractivity contribution in [3.8, 4) is 5.75 Å². The predicted molar refractivity (Wildman–Crippen MR) is 62.4 cm³/mol. The minimum absolute atomic E-state index is 0.00547. The second-order valence-electron chi connectivity index (χ2n) is 4.10. The molecule has 1 aliphatic carbocycles. The Hall–Kier alpha value is -2.37. The maximum atomic E-state index is 11.5. The monoisotopic (exact) mass is 249 g/mol. The summed E-state index contributed by atoms with van der Waals surface area (Å²) in [6.45, 7) is 0. The van der Waals surface area contributed by atoms with Crippen LogP contribution in [-0.4, -0.2) is 20.9 Å². The summed E-state index contributed by atoms with van der Waals surface area (Å²) in [6, 6.07) is 3.61. The first kappa shape index (κ1) is 12.1. The second kappa shape index (κ2) is 4.48. The van der Waals surface area contributed by atoms with Gasteiger partial charge in [0.2, 0.25) is 0 Å². The Balaban J connectivity index is 2.34. The Morgan fingerprint density at radius 3 is 2.56 bits per heavy atom. The number of phenolic OH excluding ortho intramolecular Hbond substituents is 1. The third-order valence-electron chi connectivity index (χ3n) is 2.91. The first-order valence-corrected chi connectivity index (χ1v) is 5.39. The second-order valence-corrected chi connectivity index (χ2v) is 4.10. The Morgan fingerprint density at radius 1 is 1.28 bits per heavy atom. The number of nitro benzene ring substituents is 1. The summed E-state index contributed by atoms with van der Waals surface area (Å²) in [6.07, 6.45) is 0.554. The molecule has 2 N–H and O–H groups in total. The molecule has 94 valence electrons. The minimum atomic E-state index is -0.576. The van der Waals surface area contributed by atoms with E-state index in [0.29, 0.717) is 6.42 Å². The van der Waals surface area contributed by atoms with Crippen LogP contribution in [0.5, 0.6) is 5.75 Å². The van der Waals surface area contributed by atoms with Gasteiger partial charge in [0.15, 0.2) is 5.78 Å². The van der Waals surface area contributed by atoms with Crippen LogP contribution < -0.4 is 0 Å². The third-order valence-corrected chi connectivity index (χ3v) is 2.91. The first-order chi connectivity index (χ1) is 8.49. The lowest BCUT2D eigenvalue weighted by Gasteiger charge is -2.05. The van der Waals surface area contributed by atoms with E-state index in [1.54, 1.807) is 0 Å². The number of phenols is 1. The average molecular weight is 249 g/mol. The maximum absolute atomic E-state index is 11.5. The summed E-state index contributed by atoms with van der Waals surface area (Å²) in [5, 5.41) is 29.8. The highest BCUT2D eigenvalue weighted by atomic mass is 16.6. The lowest BCUT2D eigenvalue weighted by Crippen LogP contribution is -2.01. The molecule has 0 spiro atoms. The van der Waals surface area contributed by atoms with Gasteiger partial charge < -0.3 is 10.2 Å². The van der Waals surface area contributed by atoms with E-state index in [-0.39, 0.29) is 47.0 Å². The molecule has 1 aromatic carbocycles. The summed E-state index contributed by atoms with van der Waals surface area (Å²) in [5.41, 5.74) is 0.333. The average Bonchev–Trinajstić information content (AvgIpc) is 2.63. The molecule has 2 rings (SSSR count). The van der Waals surface area contributed by atoms with Gasteiger partial charge in [-0.3, -0.25) is 14.9 Å². The summed E-state index contributed by atoms with van der Waals surface area (Å²) < 4.78 is 0. The van der Waals surface area contributed by atoms with Crippen LogP contribution in [0.3, 0.4) is 0 Å². The zero-order valence-corrected chi connectivity index (χ0v) is 9.42. The smallest absolute Gasteiger partial charge is 0.269 e. The van der Waals surface area contributed by atoms with Gasteiger partial charge in [-0.25, -0.2) is 0 Å². The van der Waals surface area contributed by atoms with E-state index in [1.807, 2.05) is 0 Å². The van der Waals surface area contributed by atoms with Gasteiger partial charge in [0.05, 0.1) is 10.7 Å². The standard InChI is InChI=1S/C12H11NO5/c14-10-2-1-8(13(17)18)5-7(10)6-9-11(15)3-4-12(9)16/h1-2,5,14-15H,3-4,6H2. The Kier molecular flexibility index (Phi) is 3.01. The number of aliphatic hydroxyl groups is 1. The van der Waals surface area contributed by atoms with Crippen LogP contribution in [-0.2, 0) is 11.2 Å². The Morgan fingerprint density at radius 2 is 2.00 bits per heavy atom. The molecule has 6 heteroatoms. The number of carbonyl (C=O) groups is 1. The molecule has 6 nitrogen and oxygen atoms in total. The van der Waals surface area contributed by atoms with Crippen LogP contribution in [0.1, 0.15) is 18.4 Å². The Bertz CT molecular complexity index is 562. The quantitative estimate of drug-likeness (QED) is 0.630. The van der Waals surface area contributed by atoms with Crippen molar-refractivity contribution in [2.75, 3.05) is 0 Å². The molecular weight excluding hydrogens is 238 g/mol. The minimum Gasteiger partial charge on any atom is -0.512 e. The van der Waals surface area contributed by atoms with Crippen molar-refractivity contribution in [3.05, 3.63) is 45.2 Å². The zero-order valence-electron chi connectivity index (χ0n) is 9.42. The number of Topliss-reactive ketones (excluding diaryl/α,β-unsaturated/α-hetero) is 1. The maximum Gasteiger partial charge on any atom is 0.269 e. The fraction of sp³-hybridized carbons (Fsp3) is 0.250. The molecule has 1 aliphatic rings. The number of allylic oxidation sites excluding steroid dienone is 2. The first-order valence-electron chi connectivity index (χ1n) is 5.39. The largest absolute Gasteiger partial charge is 0.512 e. The van der Waals surface area contributed by atoms with E-state index in [9.17, 15) is 25.1 Å². The van der Waals surface area contributed by atoms with E-state index in [2.05, 4.69) is 0 Å². The lowest BCUT2D eigenvalue weighted by molar-refractivity contribution is -0.384. The number of aliphatic hydroxyl groups excluding tert-OH is 1. The van der Waals surface area contributed by atoms with Gasteiger partial charge in [0, 0.05) is 42.5 Å². The van der Waals surface area contributed by atoms with Gasteiger partial charge in [0.25, 0.3) is 5.69 Å². The number of rotatable bonds is 3. The van der Waals surface area contributed by atoms with Crippen LogP contribution >= 0.6 is 0 Å². The normalized spacial score (nSPS) is 15.2. The Labute approximate surface area is 102 Å². The van der Waals surface area contributed by atoms with Gasteiger partial charge >= 0.3 is 0 Å². The van der Waals surface area contributed by atoms with Crippen LogP contribution in [0.4, 0.5) is 5.69 Å². The highest BCUT2D eigenvalue weighted by molar-refractivity contribution is 5.98.